The molecular weight excluding hydrogens is 479 g/mol. The van der Waals surface area contributed by atoms with Gasteiger partial charge in [-0.2, -0.15) is 0 Å². The average molecular weight is 506 g/mol. The van der Waals surface area contributed by atoms with E-state index in [2.05, 4.69) is 46.6 Å². The second kappa shape index (κ2) is 12.4. The van der Waals surface area contributed by atoms with Gasteiger partial charge in [-0.05, 0) is 26.3 Å². The zero-order valence-corrected chi connectivity index (χ0v) is 19.6. The van der Waals surface area contributed by atoms with Gasteiger partial charge in [0.1, 0.15) is 10.1 Å². The van der Waals surface area contributed by atoms with Crippen molar-refractivity contribution in [2.75, 3.05) is 26.5 Å². The number of methoxy groups -OCH3 is 1. The van der Waals surface area contributed by atoms with Gasteiger partial charge < -0.3 is 15.4 Å². The molecule has 0 amide bonds. The van der Waals surface area contributed by atoms with Crippen molar-refractivity contribution in [3.63, 3.8) is 0 Å². The molecule has 2 rings (SSSR count). The number of ether oxygens (including phenoxy) is 1. The molecule has 0 saturated heterocycles. The number of aromatic nitrogens is 1. The second-order valence-electron chi connectivity index (χ2n) is 5.61. The molecule has 1 aromatic heterocycles. The zero-order chi connectivity index (χ0) is 18.1. The monoisotopic (exact) mass is 506 g/mol. The molecule has 5 nitrogen and oxygen atoms in total. The van der Waals surface area contributed by atoms with Crippen LogP contribution in [0, 0.1) is 6.92 Å². The molecule has 1 heterocycles. The van der Waals surface area contributed by atoms with Gasteiger partial charge in [-0.25, -0.2) is 4.98 Å². The minimum absolute atomic E-state index is 0. The first-order valence-electron chi connectivity index (χ1n) is 8.28. The number of aliphatic imine (C=N–C) groups is 1. The van der Waals surface area contributed by atoms with Crippen LogP contribution in [0.15, 0.2) is 39.1 Å². The van der Waals surface area contributed by atoms with Crippen LogP contribution in [0.1, 0.15) is 30.5 Å². The maximum absolute atomic E-state index is 5.48. The zero-order valence-electron chi connectivity index (χ0n) is 15.6. The van der Waals surface area contributed by atoms with E-state index in [0.29, 0.717) is 0 Å². The van der Waals surface area contributed by atoms with Gasteiger partial charge in [0.25, 0.3) is 0 Å². The number of nitrogens with one attached hydrogen (secondary N) is 2. The van der Waals surface area contributed by atoms with Gasteiger partial charge in [0.05, 0.1) is 13.2 Å². The lowest BCUT2D eigenvalue weighted by Crippen LogP contribution is -2.39. The predicted octanol–water partition coefficient (Wildman–Crippen LogP) is 4.49. The van der Waals surface area contributed by atoms with Crippen molar-refractivity contribution in [2.24, 2.45) is 4.99 Å². The van der Waals surface area contributed by atoms with Gasteiger partial charge >= 0.3 is 0 Å². The lowest BCUT2D eigenvalue weighted by molar-refractivity contribution is 0.405. The first kappa shape index (κ1) is 23.0. The number of hydrogen-bond donors (Lipinski definition) is 2. The van der Waals surface area contributed by atoms with Crippen LogP contribution in [0.5, 0.6) is 5.75 Å². The Kier molecular flexibility index (Phi) is 11.0. The fraction of sp³-hybridized carbons (Fsp3) is 0.444. The third kappa shape index (κ3) is 7.32. The van der Waals surface area contributed by atoms with E-state index < -0.39 is 0 Å². The molecule has 0 aliphatic heterocycles. The standard InChI is InChI=1S/C18H26N4OS2.HI/c1-13-6-7-16(23-4)15(12-13)14(2)22-17(19-3)20-8-5-10-24-18-21-9-11-25-18;/h6-7,9,11-12,14H,5,8,10H2,1-4H3,(H2,19,20,22);1H. The number of thiazole rings is 1. The molecule has 0 aliphatic carbocycles. The van der Waals surface area contributed by atoms with E-state index in [0.717, 1.165) is 40.3 Å². The Labute approximate surface area is 181 Å². The molecule has 0 radical (unpaired) electrons. The summed E-state index contributed by atoms with van der Waals surface area (Å²) in [5, 5.41) is 8.81. The number of nitrogens with zero attached hydrogens (tertiary/aromatic N) is 2. The quantitative estimate of drug-likeness (QED) is 0.182. The highest BCUT2D eigenvalue weighted by Gasteiger charge is 2.13. The summed E-state index contributed by atoms with van der Waals surface area (Å²) in [6.45, 7) is 5.07. The highest BCUT2D eigenvalue weighted by molar-refractivity contribution is 14.0. The van der Waals surface area contributed by atoms with Crippen molar-refractivity contribution in [3.05, 3.63) is 40.9 Å². The minimum atomic E-state index is 0. The third-order valence-corrected chi connectivity index (χ3v) is 5.73. The second-order valence-corrected chi connectivity index (χ2v) is 7.85. The van der Waals surface area contributed by atoms with Gasteiger partial charge in [0.15, 0.2) is 5.96 Å². The molecule has 0 bridgehead atoms. The van der Waals surface area contributed by atoms with Crippen molar-refractivity contribution in [1.82, 2.24) is 15.6 Å². The SMILES string of the molecule is CN=C(NCCCSc1nccs1)NC(C)c1cc(C)ccc1OC.I. The molecule has 2 aromatic rings. The maximum Gasteiger partial charge on any atom is 0.191 e. The smallest absolute Gasteiger partial charge is 0.191 e. The number of hydrogen-bond acceptors (Lipinski definition) is 5. The Morgan fingerprint density at radius 3 is 2.88 bits per heavy atom. The molecule has 0 aliphatic rings. The highest BCUT2D eigenvalue weighted by Crippen LogP contribution is 2.26. The van der Waals surface area contributed by atoms with Crippen LogP contribution >= 0.6 is 47.1 Å². The van der Waals surface area contributed by atoms with Crippen LogP contribution in [-0.2, 0) is 0 Å². The van der Waals surface area contributed by atoms with Gasteiger partial charge in [0, 0.05) is 36.5 Å². The Morgan fingerprint density at radius 2 is 2.23 bits per heavy atom. The van der Waals surface area contributed by atoms with Crippen molar-refractivity contribution < 1.29 is 4.74 Å². The van der Waals surface area contributed by atoms with Crippen molar-refractivity contribution >= 4 is 53.0 Å². The Morgan fingerprint density at radius 1 is 1.42 bits per heavy atom. The summed E-state index contributed by atoms with van der Waals surface area (Å²) in [6, 6.07) is 6.32. The number of benzene rings is 1. The van der Waals surface area contributed by atoms with Crippen molar-refractivity contribution in [2.45, 2.75) is 30.6 Å². The third-order valence-electron chi connectivity index (χ3n) is 3.68. The van der Waals surface area contributed by atoms with Gasteiger partial charge in [0.2, 0.25) is 0 Å². The van der Waals surface area contributed by atoms with E-state index in [9.17, 15) is 0 Å². The van der Waals surface area contributed by atoms with Crippen LogP contribution in [-0.4, -0.2) is 37.4 Å². The Balaban J connectivity index is 0.00000338. The van der Waals surface area contributed by atoms with Crippen LogP contribution in [0.3, 0.4) is 0 Å². The number of rotatable bonds is 8. The summed E-state index contributed by atoms with van der Waals surface area (Å²) in [5.41, 5.74) is 2.34. The normalized spacial score (nSPS) is 12.2. The molecule has 0 saturated carbocycles. The van der Waals surface area contributed by atoms with E-state index in [1.165, 1.54) is 5.56 Å². The molecule has 2 N–H and O–H groups in total. The van der Waals surface area contributed by atoms with Crippen LogP contribution in [0.2, 0.25) is 0 Å². The fourth-order valence-electron chi connectivity index (χ4n) is 2.39. The van der Waals surface area contributed by atoms with Gasteiger partial charge in [-0.3, -0.25) is 4.99 Å². The highest BCUT2D eigenvalue weighted by atomic mass is 127. The van der Waals surface area contributed by atoms with E-state index >= 15 is 0 Å². The summed E-state index contributed by atoms with van der Waals surface area (Å²) < 4.78 is 6.60. The van der Waals surface area contributed by atoms with Crippen LogP contribution < -0.4 is 15.4 Å². The van der Waals surface area contributed by atoms with E-state index in [1.807, 2.05) is 17.6 Å². The van der Waals surface area contributed by atoms with Crippen molar-refractivity contribution in [1.29, 1.82) is 0 Å². The fourth-order valence-corrected chi connectivity index (χ4v) is 4.04. The Bertz CT molecular complexity index is 680. The number of guanidine groups is 1. The molecule has 0 spiro atoms. The summed E-state index contributed by atoms with van der Waals surface area (Å²) >= 11 is 3.48. The topological polar surface area (TPSA) is 58.5 Å². The molecule has 1 atom stereocenters. The molecule has 1 aromatic carbocycles. The van der Waals surface area contributed by atoms with Gasteiger partial charge in [-0.1, -0.05) is 29.5 Å². The van der Waals surface area contributed by atoms with E-state index in [1.54, 1.807) is 37.3 Å². The summed E-state index contributed by atoms with van der Waals surface area (Å²) in [7, 11) is 3.49. The van der Waals surface area contributed by atoms with Crippen molar-refractivity contribution in [3.8, 4) is 5.75 Å². The molecule has 0 fully saturated rings. The molecule has 1 unspecified atom stereocenters. The summed E-state index contributed by atoms with van der Waals surface area (Å²) in [4.78, 5) is 8.59. The number of aryl methyl sites for hydroxylation is 1. The van der Waals surface area contributed by atoms with E-state index in [-0.39, 0.29) is 30.0 Å². The average Bonchev–Trinajstić information content (AvgIpc) is 3.13. The minimum Gasteiger partial charge on any atom is -0.496 e. The molecule has 144 valence electrons. The number of thioether (sulfide) groups is 1. The predicted molar refractivity (Wildman–Crippen MR) is 124 cm³/mol. The maximum atomic E-state index is 5.48. The first-order valence-corrected chi connectivity index (χ1v) is 10.1. The largest absolute Gasteiger partial charge is 0.496 e. The number of halogens is 1. The first-order chi connectivity index (χ1) is 12.1. The van der Waals surface area contributed by atoms with Crippen LogP contribution in [0.4, 0.5) is 0 Å². The summed E-state index contributed by atoms with van der Waals surface area (Å²) in [5.74, 6) is 2.73. The molecule has 8 heteroatoms. The molecular formula is C18H27IN4OS2. The summed E-state index contributed by atoms with van der Waals surface area (Å²) in [6.07, 6.45) is 2.89. The molecule has 26 heavy (non-hydrogen) atoms. The Hall–Kier alpha value is -1.000. The van der Waals surface area contributed by atoms with Crippen LogP contribution in [0.25, 0.3) is 0 Å². The van der Waals surface area contributed by atoms with Gasteiger partial charge in [-0.15, -0.1) is 35.3 Å². The lowest BCUT2D eigenvalue weighted by Gasteiger charge is -2.20. The van der Waals surface area contributed by atoms with E-state index in [4.69, 9.17) is 4.74 Å². The lowest BCUT2D eigenvalue weighted by atomic mass is 10.0.